The number of nitrogens with one attached hydrogen (secondary N) is 1. The molecule has 28 heavy (non-hydrogen) atoms. The molecule has 0 saturated heterocycles. The predicted octanol–water partition coefficient (Wildman–Crippen LogP) is 4.60. The second-order valence-electron chi connectivity index (χ2n) is 6.69. The number of non-ortho nitro benzene ring substituents is 1. The monoisotopic (exact) mass is 384 g/mol. The summed E-state index contributed by atoms with van der Waals surface area (Å²) in [5.74, 6) is 1.23. The lowest BCUT2D eigenvalue weighted by Crippen LogP contribution is -2.09. The topological polar surface area (TPSA) is 90.7 Å². The lowest BCUT2D eigenvalue weighted by Gasteiger charge is -2.12. The van der Waals surface area contributed by atoms with Gasteiger partial charge in [-0.25, -0.2) is 0 Å². The molecule has 1 amide bonds. The van der Waals surface area contributed by atoms with Crippen LogP contribution in [0.15, 0.2) is 42.5 Å². The molecule has 7 nitrogen and oxygen atoms in total. The summed E-state index contributed by atoms with van der Waals surface area (Å²) in [6.45, 7) is 6.47. The number of hydrogen-bond acceptors (Lipinski definition) is 5. The molecule has 0 heterocycles. The summed E-state index contributed by atoms with van der Waals surface area (Å²) < 4.78 is 11.1. The first-order valence-electron chi connectivity index (χ1n) is 8.85. The summed E-state index contributed by atoms with van der Waals surface area (Å²) in [6.07, 6.45) is 3.00. The van der Waals surface area contributed by atoms with E-state index >= 15 is 0 Å². The Morgan fingerprint density at radius 3 is 2.61 bits per heavy atom. The lowest BCUT2D eigenvalue weighted by atomic mass is 10.1. The number of amides is 1. The number of anilines is 1. The molecule has 0 fully saturated rings. The normalized spacial score (nSPS) is 10.9. The zero-order chi connectivity index (χ0) is 20.7. The molecular weight excluding hydrogens is 360 g/mol. The molecule has 0 aliphatic heterocycles. The van der Waals surface area contributed by atoms with Crippen LogP contribution in [0.2, 0.25) is 0 Å². The van der Waals surface area contributed by atoms with Gasteiger partial charge in [0.1, 0.15) is 0 Å². The largest absolute Gasteiger partial charge is 0.493 e. The smallest absolute Gasteiger partial charge is 0.271 e. The number of ether oxygens (including phenoxy) is 2. The van der Waals surface area contributed by atoms with Gasteiger partial charge in [-0.15, -0.1) is 0 Å². The van der Waals surface area contributed by atoms with Gasteiger partial charge in [0, 0.05) is 18.2 Å². The number of methoxy groups -OCH3 is 1. The highest BCUT2D eigenvalue weighted by atomic mass is 16.6. The van der Waals surface area contributed by atoms with E-state index in [2.05, 4.69) is 19.2 Å². The molecule has 2 rings (SSSR count). The van der Waals surface area contributed by atoms with Crippen molar-refractivity contribution in [2.45, 2.75) is 20.8 Å². The Morgan fingerprint density at radius 2 is 1.96 bits per heavy atom. The van der Waals surface area contributed by atoms with Crippen molar-refractivity contribution < 1.29 is 19.2 Å². The SMILES string of the molecule is COc1cc(/C=C/C(=O)Nc2cc([N+](=O)[O-])ccc2C)ccc1OCC(C)C. The van der Waals surface area contributed by atoms with Gasteiger partial charge in [0.2, 0.25) is 5.91 Å². The number of carbonyl (C=O) groups is 1. The molecule has 2 aromatic carbocycles. The van der Waals surface area contributed by atoms with Crippen molar-refractivity contribution in [3.63, 3.8) is 0 Å². The number of carbonyl (C=O) groups excluding carboxylic acids is 1. The molecule has 0 radical (unpaired) electrons. The standard InChI is InChI=1S/C21H24N2O5/c1-14(2)13-28-19-9-6-16(11-20(19)27-4)7-10-21(24)22-18-12-17(23(25)26)8-5-15(18)3/h5-12,14H,13H2,1-4H3,(H,22,24)/b10-7+. The third-order valence-corrected chi connectivity index (χ3v) is 3.88. The molecule has 7 heteroatoms. The van der Waals surface area contributed by atoms with Gasteiger partial charge in [0.25, 0.3) is 5.69 Å². The minimum Gasteiger partial charge on any atom is -0.493 e. The maximum atomic E-state index is 12.2. The molecule has 0 aromatic heterocycles. The van der Waals surface area contributed by atoms with Gasteiger partial charge in [-0.2, -0.15) is 0 Å². The number of nitro groups is 1. The number of nitrogens with zero attached hydrogens (tertiary/aromatic N) is 1. The van der Waals surface area contributed by atoms with Crippen molar-refractivity contribution in [2.24, 2.45) is 5.92 Å². The zero-order valence-corrected chi connectivity index (χ0v) is 16.4. The van der Waals surface area contributed by atoms with E-state index in [1.54, 1.807) is 38.3 Å². The van der Waals surface area contributed by atoms with Crippen molar-refractivity contribution in [1.82, 2.24) is 0 Å². The highest BCUT2D eigenvalue weighted by molar-refractivity contribution is 6.02. The van der Waals surface area contributed by atoms with Crippen LogP contribution < -0.4 is 14.8 Å². The van der Waals surface area contributed by atoms with Crippen LogP contribution in [-0.4, -0.2) is 24.5 Å². The molecule has 0 aliphatic rings. The first kappa shape index (κ1) is 21.0. The second kappa shape index (κ2) is 9.55. The van der Waals surface area contributed by atoms with Crippen LogP contribution in [0.4, 0.5) is 11.4 Å². The molecule has 1 N–H and O–H groups in total. The molecule has 0 spiro atoms. The third kappa shape index (κ3) is 5.84. The van der Waals surface area contributed by atoms with E-state index in [0.717, 1.165) is 11.1 Å². The van der Waals surface area contributed by atoms with Crippen LogP contribution in [0, 0.1) is 23.0 Å². The van der Waals surface area contributed by atoms with E-state index in [4.69, 9.17) is 9.47 Å². The Balaban J connectivity index is 2.10. The van der Waals surface area contributed by atoms with Gasteiger partial charge in [0.15, 0.2) is 11.5 Å². The lowest BCUT2D eigenvalue weighted by molar-refractivity contribution is -0.384. The molecule has 148 valence electrons. The molecule has 0 bridgehead atoms. The van der Waals surface area contributed by atoms with E-state index in [1.165, 1.54) is 18.2 Å². The fraction of sp³-hybridized carbons (Fsp3) is 0.286. The van der Waals surface area contributed by atoms with Gasteiger partial charge in [-0.1, -0.05) is 26.0 Å². The Bertz CT molecular complexity index is 890. The summed E-state index contributed by atoms with van der Waals surface area (Å²) in [6, 6.07) is 9.72. The summed E-state index contributed by atoms with van der Waals surface area (Å²) >= 11 is 0. The molecule has 0 atom stereocenters. The number of benzene rings is 2. The Morgan fingerprint density at radius 1 is 1.21 bits per heavy atom. The summed E-state index contributed by atoms with van der Waals surface area (Å²) in [7, 11) is 1.56. The molecular formula is C21H24N2O5. The van der Waals surface area contributed by atoms with Crippen molar-refractivity contribution in [3.8, 4) is 11.5 Å². The van der Waals surface area contributed by atoms with Crippen LogP contribution in [0.5, 0.6) is 11.5 Å². The average Bonchev–Trinajstić information content (AvgIpc) is 2.66. The Hall–Kier alpha value is -3.35. The van der Waals surface area contributed by atoms with Gasteiger partial charge in [0.05, 0.1) is 24.3 Å². The Kier molecular flexibility index (Phi) is 7.14. The highest BCUT2D eigenvalue weighted by Crippen LogP contribution is 2.29. The van der Waals surface area contributed by atoms with E-state index in [-0.39, 0.29) is 11.6 Å². The third-order valence-electron chi connectivity index (χ3n) is 3.88. The van der Waals surface area contributed by atoms with Gasteiger partial charge >= 0.3 is 0 Å². The van der Waals surface area contributed by atoms with E-state index < -0.39 is 4.92 Å². The summed E-state index contributed by atoms with van der Waals surface area (Å²) in [5.41, 5.74) is 1.82. The van der Waals surface area contributed by atoms with E-state index in [0.29, 0.717) is 29.7 Å². The number of aryl methyl sites for hydroxylation is 1. The van der Waals surface area contributed by atoms with Crippen LogP contribution in [0.1, 0.15) is 25.0 Å². The molecule has 2 aromatic rings. The Labute approximate surface area is 164 Å². The summed E-state index contributed by atoms with van der Waals surface area (Å²) in [5, 5.41) is 13.6. The first-order chi connectivity index (χ1) is 13.3. The maximum absolute atomic E-state index is 12.2. The highest BCUT2D eigenvalue weighted by Gasteiger charge is 2.10. The van der Waals surface area contributed by atoms with Gasteiger partial charge < -0.3 is 14.8 Å². The molecule has 0 saturated carbocycles. The van der Waals surface area contributed by atoms with Crippen LogP contribution >= 0.6 is 0 Å². The fourth-order valence-electron chi connectivity index (χ4n) is 2.37. The fourth-order valence-corrected chi connectivity index (χ4v) is 2.37. The summed E-state index contributed by atoms with van der Waals surface area (Å²) in [4.78, 5) is 22.6. The maximum Gasteiger partial charge on any atom is 0.271 e. The van der Waals surface area contributed by atoms with Crippen LogP contribution in [0.3, 0.4) is 0 Å². The molecule has 0 unspecified atom stereocenters. The van der Waals surface area contributed by atoms with E-state index in [9.17, 15) is 14.9 Å². The predicted molar refractivity (Wildman–Crippen MR) is 109 cm³/mol. The van der Waals surface area contributed by atoms with Crippen LogP contribution in [0.25, 0.3) is 6.08 Å². The van der Waals surface area contributed by atoms with Crippen molar-refractivity contribution in [1.29, 1.82) is 0 Å². The first-order valence-corrected chi connectivity index (χ1v) is 8.85. The number of nitro benzene ring substituents is 1. The van der Waals surface area contributed by atoms with E-state index in [1.807, 2.05) is 6.07 Å². The second-order valence-corrected chi connectivity index (χ2v) is 6.69. The van der Waals surface area contributed by atoms with Crippen molar-refractivity contribution >= 4 is 23.4 Å². The minimum absolute atomic E-state index is 0.0772. The van der Waals surface area contributed by atoms with Gasteiger partial charge in [-0.3, -0.25) is 14.9 Å². The zero-order valence-electron chi connectivity index (χ0n) is 16.4. The van der Waals surface area contributed by atoms with Crippen molar-refractivity contribution in [2.75, 3.05) is 19.0 Å². The number of rotatable bonds is 8. The number of hydrogen-bond donors (Lipinski definition) is 1. The van der Waals surface area contributed by atoms with Crippen molar-refractivity contribution in [3.05, 3.63) is 63.7 Å². The van der Waals surface area contributed by atoms with Gasteiger partial charge in [-0.05, 0) is 42.2 Å². The average molecular weight is 384 g/mol. The minimum atomic E-state index is -0.500. The molecule has 0 aliphatic carbocycles. The quantitative estimate of drug-likeness (QED) is 0.408. The van der Waals surface area contributed by atoms with Crippen LogP contribution in [-0.2, 0) is 4.79 Å².